The van der Waals surface area contributed by atoms with Gasteiger partial charge in [-0.1, -0.05) is 6.07 Å². The van der Waals surface area contributed by atoms with E-state index in [1.54, 1.807) is 10.9 Å². The molecule has 3 heterocycles. The molecule has 0 saturated carbocycles. The zero-order valence-electron chi connectivity index (χ0n) is 12.3. The average molecular weight is 352 g/mol. The number of anilines is 2. The number of fused-ring (bicyclic) bond motifs is 1. The van der Waals surface area contributed by atoms with E-state index in [2.05, 4.69) is 20.3 Å². The molecule has 1 saturated heterocycles. The summed E-state index contributed by atoms with van der Waals surface area (Å²) >= 11 is 5.98. The van der Waals surface area contributed by atoms with Crippen molar-refractivity contribution in [3.05, 3.63) is 41.4 Å². The monoisotopic (exact) mass is 351 g/mol. The van der Waals surface area contributed by atoms with Gasteiger partial charge in [0.25, 0.3) is 0 Å². The molecule has 0 bridgehead atoms. The van der Waals surface area contributed by atoms with E-state index in [1.165, 1.54) is 12.1 Å². The van der Waals surface area contributed by atoms with Crippen molar-refractivity contribution >= 4 is 34.3 Å². The normalized spacial score (nSPS) is 17.5. The predicted octanol–water partition coefficient (Wildman–Crippen LogP) is 3.81. The van der Waals surface area contributed by atoms with Gasteiger partial charge in [-0.3, -0.25) is 4.57 Å². The summed E-state index contributed by atoms with van der Waals surface area (Å²) in [5, 5.41) is 2.71. The molecule has 6 nitrogen and oxygen atoms in total. The molecule has 2 aromatic heterocycles. The van der Waals surface area contributed by atoms with Crippen molar-refractivity contribution in [3.63, 3.8) is 0 Å². The van der Waals surface area contributed by atoms with Crippen LogP contribution in [0, 0.1) is 11.6 Å². The standard InChI is InChI=1S/C15H12ClF2N5O/c16-15-21-13(20-9-4-1-3-8(17)11(9)18)12-14(22-15)23(7-19-12)10-5-2-6-24-10/h1,3-4,7,10H,2,5-6H2,(H,20,21,22). The molecule has 24 heavy (non-hydrogen) atoms. The van der Waals surface area contributed by atoms with Crippen molar-refractivity contribution in [2.24, 2.45) is 0 Å². The van der Waals surface area contributed by atoms with Gasteiger partial charge in [0, 0.05) is 6.61 Å². The SMILES string of the molecule is Fc1cccc(Nc2nc(Cl)nc3c2ncn3C2CCCO2)c1F. The topological polar surface area (TPSA) is 64.9 Å². The van der Waals surface area contributed by atoms with Crippen LogP contribution in [0.3, 0.4) is 0 Å². The largest absolute Gasteiger partial charge is 0.358 e. The van der Waals surface area contributed by atoms with Crippen LogP contribution in [0.25, 0.3) is 11.2 Å². The Bertz CT molecular complexity index is 910. The number of hydrogen-bond donors (Lipinski definition) is 1. The fraction of sp³-hybridized carbons (Fsp3) is 0.267. The quantitative estimate of drug-likeness (QED) is 0.727. The molecule has 0 spiro atoms. The molecule has 1 N–H and O–H groups in total. The Balaban J connectivity index is 1.79. The molecule has 0 amide bonds. The van der Waals surface area contributed by atoms with Gasteiger partial charge in [0.1, 0.15) is 6.23 Å². The number of rotatable bonds is 3. The first-order valence-corrected chi connectivity index (χ1v) is 7.74. The minimum atomic E-state index is -1.00. The van der Waals surface area contributed by atoms with Gasteiger partial charge >= 0.3 is 0 Å². The third kappa shape index (κ3) is 2.57. The zero-order chi connectivity index (χ0) is 16.7. The van der Waals surface area contributed by atoms with Crippen LogP contribution in [0.4, 0.5) is 20.3 Å². The second-order valence-electron chi connectivity index (χ2n) is 5.36. The molecule has 1 fully saturated rings. The lowest BCUT2D eigenvalue weighted by atomic mass is 10.3. The molecule has 1 aromatic carbocycles. The molecule has 124 valence electrons. The summed E-state index contributed by atoms with van der Waals surface area (Å²) in [5.41, 5.74) is 0.817. The summed E-state index contributed by atoms with van der Waals surface area (Å²) in [4.78, 5) is 12.5. The van der Waals surface area contributed by atoms with Crippen molar-refractivity contribution in [3.8, 4) is 0 Å². The van der Waals surface area contributed by atoms with Crippen molar-refractivity contribution < 1.29 is 13.5 Å². The number of benzene rings is 1. The van der Waals surface area contributed by atoms with Crippen LogP contribution >= 0.6 is 11.6 Å². The Hall–Kier alpha value is -2.32. The molecule has 3 aromatic rings. The summed E-state index contributed by atoms with van der Waals surface area (Å²) in [5.74, 6) is -1.76. The average Bonchev–Trinajstić information content (AvgIpc) is 3.20. The molecule has 4 rings (SSSR count). The zero-order valence-corrected chi connectivity index (χ0v) is 13.1. The van der Waals surface area contributed by atoms with Crippen LogP contribution in [0.1, 0.15) is 19.1 Å². The number of imidazole rings is 1. The van der Waals surface area contributed by atoms with Gasteiger partial charge in [0.2, 0.25) is 5.28 Å². The minimum absolute atomic E-state index is 0.0263. The van der Waals surface area contributed by atoms with Crippen LogP contribution in [0.15, 0.2) is 24.5 Å². The van der Waals surface area contributed by atoms with Gasteiger partial charge in [0.05, 0.1) is 12.0 Å². The lowest BCUT2D eigenvalue weighted by Gasteiger charge is -2.12. The van der Waals surface area contributed by atoms with Crippen molar-refractivity contribution in [2.75, 3.05) is 11.9 Å². The fourth-order valence-electron chi connectivity index (χ4n) is 2.70. The van der Waals surface area contributed by atoms with Crippen LogP contribution in [0.2, 0.25) is 5.28 Å². The molecule has 1 atom stereocenters. The maximum Gasteiger partial charge on any atom is 0.226 e. The number of halogens is 3. The molecular weight excluding hydrogens is 340 g/mol. The first-order chi connectivity index (χ1) is 11.6. The van der Waals surface area contributed by atoms with E-state index in [0.717, 1.165) is 18.9 Å². The number of aromatic nitrogens is 4. The van der Waals surface area contributed by atoms with Gasteiger partial charge in [-0.05, 0) is 36.6 Å². The number of hydrogen-bond acceptors (Lipinski definition) is 5. The first-order valence-electron chi connectivity index (χ1n) is 7.36. The molecule has 1 aliphatic rings. The second kappa shape index (κ2) is 5.95. The summed E-state index contributed by atoms with van der Waals surface area (Å²) in [6.07, 6.45) is 3.20. The molecule has 9 heteroatoms. The lowest BCUT2D eigenvalue weighted by Crippen LogP contribution is -2.07. The van der Waals surface area contributed by atoms with Gasteiger partial charge in [-0.25, -0.2) is 13.8 Å². The third-order valence-corrected chi connectivity index (χ3v) is 3.98. The highest BCUT2D eigenvalue weighted by Crippen LogP contribution is 2.30. The molecule has 0 radical (unpaired) electrons. The summed E-state index contributed by atoms with van der Waals surface area (Å²) in [7, 11) is 0. The van der Waals surface area contributed by atoms with E-state index in [1.807, 2.05) is 0 Å². The molecular formula is C15H12ClF2N5O. The van der Waals surface area contributed by atoms with Gasteiger partial charge in [0.15, 0.2) is 28.6 Å². The van der Waals surface area contributed by atoms with Crippen LogP contribution in [-0.2, 0) is 4.74 Å². The Morgan fingerprint density at radius 3 is 2.96 bits per heavy atom. The Kier molecular flexibility index (Phi) is 3.78. The van der Waals surface area contributed by atoms with Crippen LogP contribution in [0.5, 0.6) is 0 Å². The van der Waals surface area contributed by atoms with E-state index >= 15 is 0 Å². The minimum Gasteiger partial charge on any atom is -0.358 e. The lowest BCUT2D eigenvalue weighted by molar-refractivity contribution is 0.0593. The molecule has 0 aliphatic carbocycles. The van der Waals surface area contributed by atoms with Crippen molar-refractivity contribution in [2.45, 2.75) is 19.1 Å². The number of nitrogens with zero attached hydrogens (tertiary/aromatic N) is 4. The van der Waals surface area contributed by atoms with E-state index in [4.69, 9.17) is 16.3 Å². The number of ether oxygens (including phenoxy) is 1. The predicted molar refractivity (Wildman–Crippen MR) is 84.2 cm³/mol. The van der Waals surface area contributed by atoms with Gasteiger partial charge < -0.3 is 10.1 Å². The third-order valence-electron chi connectivity index (χ3n) is 3.81. The van der Waals surface area contributed by atoms with E-state index in [-0.39, 0.29) is 23.0 Å². The van der Waals surface area contributed by atoms with Gasteiger partial charge in [-0.15, -0.1) is 0 Å². The first kappa shape index (κ1) is 15.2. The smallest absolute Gasteiger partial charge is 0.226 e. The Morgan fingerprint density at radius 1 is 1.29 bits per heavy atom. The summed E-state index contributed by atoms with van der Waals surface area (Å²) < 4.78 is 34.6. The highest BCUT2D eigenvalue weighted by molar-refractivity contribution is 6.28. The highest BCUT2D eigenvalue weighted by Gasteiger charge is 2.22. The van der Waals surface area contributed by atoms with Crippen LogP contribution in [-0.4, -0.2) is 26.1 Å². The van der Waals surface area contributed by atoms with E-state index in [9.17, 15) is 8.78 Å². The van der Waals surface area contributed by atoms with Crippen molar-refractivity contribution in [1.29, 1.82) is 0 Å². The number of nitrogens with one attached hydrogen (secondary N) is 1. The second-order valence-corrected chi connectivity index (χ2v) is 5.70. The van der Waals surface area contributed by atoms with E-state index < -0.39 is 11.6 Å². The van der Waals surface area contributed by atoms with Crippen molar-refractivity contribution in [1.82, 2.24) is 19.5 Å². The summed E-state index contributed by atoms with van der Waals surface area (Å²) in [6, 6.07) is 3.83. The Labute approximate surface area is 140 Å². The fourth-order valence-corrected chi connectivity index (χ4v) is 2.86. The maximum atomic E-state index is 13.9. The highest BCUT2D eigenvalue weighted by atomic mass is 35.5. The molecule has 1 unspecified atom stereocenters. The molecule has 1 aliphatic heterocycles. The van der Waals surface area contributed by atoms with Crippen LogP contribution < -0.4 is 5.32 Å². The maximum absolute atomic E-state index is 13.9. The van der Waals surface area contributed by atoms with Gasteiger partial charge in [-0.2, -0.15) is 9.97 Å². The Morgan fingerprint density at radius 2 is 2.17 bits per heavy atom. The van der Waals surface area contributed by atoms with E-state index in [0.29, 0.717) is 17.8 Å². The summed E-state index contributed by atoms with van der Waals surface area (Å²) in [6.45, 7) is 0.669.